The van der Waals surface area contributed by atoms with E-state index in [0.717, 1.165) is 19.5 Å². The molecule has 3 aliphatic heterocycles. The van der Waals surface area contributed by atoms with E-state index in [1.165, 1.54) is 54.0 Å². The highest BCUT2D eigenvalue weighted by Gasteiger charge is 2.56. The maximum atomic E-state index is 2.75. The van der Waals surface area contributed by atoms with Gasteiger partial charge in [0.25, 0.3) is 0 Å². The molecule has 25 heavy (non-hydrogen) atoms. The summed E-state index contributed by atoms with van der Waals surface area (Å²) in [4.78, 5) is 8.17. The fourth-order valence-corrected chi connectivity index (χ4v) is 5.17. The quantitative estimate of drug-likeness (QED) is 0.824. The summed E-state index contributed by atoms with van der Waals surface area (Å²) in [7, 11) is 0. The van der Waals surface area contributed by atoms with Gasteiger partial charge in [0.1, 0.15) is 0 Å². The third kappa shape index (κ3) is 2.08. The topological polar surface area (TPSA) is 9.72 Å². The van der Waals surface area contributed by atoms with Gasteiger partial charge >= 0.3 is 0 Å². The lowest BCUT2D eigenvalue weighted by Crippen LogP contribution is -2.74. The van der Waals surface area contributed by atoms with Crippen LogP contribution in [0, 0.1) is 13.8 Å². The standard InChI is InChI=1S/C22H27N3/c1-17-14-20-21(15-18(17)2)25-13-7-11-23-10-6-12-24(20)22(23,25)16-19-8-4-3-5-9-19/h3-5,8-9,14-15H,6-7,10-13,16H2,1-2H3. The molecular formula is C22H27N3. The summed E-state index contributed by atoms with van der Waals surface area (Å²) >= 11 is 0. The molecule has 130 valence electrons. The molecule has 3 heteroatoms. The first-order valence-corrected chi connectivity index (χ1v) is 9.66. The molecule has 0 aliphatic carbocycles. The van der Waals surface area contributed by atoms with Crippen LogP contribution in [-0.4, -0.2) is 36.9 Å². The van der Waals surface area contributed by atoms with Crippen LogP contribution >= 0.6 is 0 Å². The second-order valence-corrected chi connectivity index (χ2v) is 7.86. The molecule has 0 spiro atoms. The lowest BCUT2D eigenvalue weighted by molar-refractivity contribution is 0.0389. The van der Waals surface area contributed by atoms with Crippen molar-refractivity contribution in [2.45, 2.75) is 38.9 Å². The minimum Gasteiger partial charge on any atom is -0.334 e. The van der Waals surface area contributed by atoms with E-state index in [-0.39, 0.29) is 5.79 Å². The van der Waals surface area contributed by atoms with Crippen LogP contribution in [0.25, 0.3) is 0 Å². The van der Waals surface area contributed by atoms with E-state index in [0.29, 0.717) is 0 Å². The maximum absolute atomic E-state index is 2.75. The van der Waals surface area contributed by atoms with Crippen molar-refractivity contribution in [2.75, 3.05) is 36.0 Å². The number of hydrogen-bond acceptors (Lipinski definition) is 3. The summed E-state index contributed by atoms with van der Waals surface area (Å²) in [5.74, 6) is 0.000417. The van der Waals surface area contributed by atoms with Crippen molar-refractivity contribution >= 4 is 11.4 Å². The Bertz CT molecular complexity index is 755. The van der Waals surface area contributed by atoms with E-state index in [4.69, 9.17) is 0 Å². The van der Waals surface area contributed by atoms with Crippen LogP contribution in [0.5, 0.6) is 0 Å². The zero-order chi connectivity index (χ0) is 17.0. The molecule has 0 saturated carbocycles. The lowest BCUT2D eigenvalue weighted by Gasteiger charge is -2.58. The van der Waals surface area contributed by atoms with Crippen molar-refractivity contribution in [3.05, 3.63) is 59.2 Å². The summed E-state index contributed by atoms with van der Waals surface area (Å²) in [6.45, 7) is 9.25. The molecular weight excluding hydrogens is 306 g/mol. The minimum atomic E-state index is 0.000417. The van der Waals surface area contributed by atoms with Gasteiger partial charge in [-0.3, -0.25) is 4.90 Å². The first-order chi connectivity index (χ1) is 12.2. The Morgan fingerprint density at radius 3 is 1.92 bits per heavy atom. The van der Waals surface area contributed by atoms with Crippen LogP contribution in [0.1, 0.15) is 29.5 Å². The molecule has 2 fully saturated rings. The third-order valence-corrected chi connectivity index (χ3v) is 6.45. The Balaban J connectivity index is 1.68. The van der Waals surface area contributed by atoms with Crippen LogP contribution < -0.4 is 9.80 Å². The average molecular weight is 333 g/mol. The van der Waals surface area contributed by atoms with E-state index in [1.54, 1.807) is 0 Å². The van der Waals surface area contributed by atoms with Crippen molar-refractivity contribution in [1.82, 2.24) is 4.90 Å². The molecule has 0 atom stereocenters. The van der Waals surface area contributed by atoms with Gasteiger partial charge in [-0.05, 0) is 55.5 Å². The average Bonchev–Trinajstić information content (AvgIpc) is 2.87. The second kappa shape index (κ2) is 5.50. The molecule has 0 amide bonds. The highest BCUT2D eigenvalue weighted by atomic mass is 15.6. The Morgan fingerprint density at radius 2 is 1.36 bits per heavy atom. The van der Waals surface area contributed by atoms with E-state index in [2.05, 4.69) is 71.0 Å². The molecule has 5 rings (SSSR count). The van der Waals surface area contributed by atoms with Crippen molar-refractivity contribution in [3.8, 4) is 0 Å². The molecule has 2 aromatic carbocycles. The number of benzene rings is 2. The van der Waals surface area contributed by atoms with Gasteiger partial charge in [-0.1, -0.05) is 30.3 Å². The van der Waals surface area contributed by atoms with Gasteiger partial charge in [-0.2, -0.15) is 0 Å². The summed E-state index contributed by atoms with van der Waals surface area (Å²) in [6, 6.07) is 15.9. The molecule has 0 radical (unpaired) electrons. The molecule has 0 aromatic heterocycles. The number of aryl methyl sites for hydroxylation is 2. The highest BCUT2D eigenvalue weighted by molar-refractivity contribution is 5.81. The van der Waals surface area contributed by atoms with Gasteiger partial charge in [0.2, 0.25) is 0 Å². The van der Waals surface area contributed by atoms with Crippen molar-refractivity contribution < 1.29 is 0 Å². The zero-order valence-electron chi connectivity index (χ0n) is 15.3. The lowest BCUT2D eigenvalue weighted by atomic mass is 9.97. The summed E-state index contributed by atoms with van der Waals surface area (Å²) in [6.07, 6.45) is 3.59. The van der Waals surface area contributed by atoms with Crippen molar-refractivity contribution in [2.24, 2.45) is 0 Å². The van der Waals surface area contributed by atoms with Crippen LogP contribution in [0.2, 0.25) is 0 Å². The van der Waals surface area contributed by atoms with Gasteiger partial charge in [-0.25, -0.2) is 0 Å². The van der Waals surface area contributed by atoms with Gasteiger partial charge in [0, 0.05) is 32.6 Å². The fraction of sp³-hybridized carbons (Fsp3) is 0.455. The Hall–Kier alpha value is -2.00. The second-order valence-electron chi connectivity index (χ2n) is 7.86. The van der Waals surface area contributed by atoms with E-state index in [1.807, 2.05) is 0 Å². The number of anilines is 2. The molecule has 3 aliphatic rings. The van der Waals surface area contributed by atoms with Gasteiger partial charge < -0.3 is 9.80 Å². The predicted molar refractivity (Wildman–Crippen MR) is 104 cm³/mol. The Morgan fingerprint density at radius 1 is 0.800 bits per heavy atom. The number of hydrogen-bond donors (Lipinski definition) is 0. The molecule has 0 N–H and O–H groups in total. The SMILES string of the molecule is Cc1cc2c(cc1C)N1CCCN3CCCN2C31Cc1ccccc1. The fourth-order valence-electron chi connectivity index (χ4n) is 5.17. The first-order valence-electron chi connectivity index (χ1n) is 9.66. The van der Waals surface area contributed by atoms with Crippen LogP contribution in [0.4, 0.5) is 11.4 Å². The normalized spacial score (nSPS) is 21.2. The van der Waals surface area contributed by atoms with E-state index in [9.17, 15) is 0 Å². The number of nitrogens with zero attached hydrogens (tertiary/aromatic N) is 3. The minimum absolute atomic E-state index is 0.000417. The van der Waals surface area contributed by atoms with Crippen LogP contribution in [0.3, 0.4) is 0 Å². The maximum Gasteiger partial charge on any atom is 0.176 e. The van der Waals surface area contributed by atoms with Gasteiger partial charge in [0.05, 0.1) is 11.4 Å². The Kier molecular flexibility index (Phi) is 3.36. The summed E-state index contributed by atoms with van der Waals surface area (Å²) < 4.78 is 0. The zero-order valence-corrected chi connectivity index (χ0v) is 15.3. The molecule has 0 bridgehead atoms. The van der Waals surface area contributed by atoms with Crippen molar-refractivity contribution in [3.63, 3.8) is 0 Å². The van der Waals surface area contributed by atoms with Crippen LogP contribution in [0.15, 0.2) is 42.5 Å². The molecule has 0 unspecified atom stereocenters. The number of fused-ring (bicyclic) bond motifs is 3. The Labute approximate surface area is 150 Å². The summed E-state index contributed by atoms with van der Waals surface area (Å²) in [5.41, 5.74) is 7.15. The molecule has 3 nitrogen and oxygen atoms in total. The molecule has 2 aromatic rings. The highest BCUT2D eigenvalue weighted by Crippen LogP contribution is 2.52. The van der Waals surface area contributed by atoms with E-state index < -0.39 is 0 Å². The first kappa shape index (κ1) is 15.3. The monoisotopic (exact) mass is 333 g/mol. The van der Waals surface area contributed by atoms with E-state index >= 15 is 0 Å². The van der Waals surface area contributed by atoms with Gasteiger partial charge in [-0.15, -0.1) is 0 Å². The summed E-state index contributed by atoms with van der Waals surface area (Å²) in [5, 5.41) is 0. The largest absolute Gasteiger partial charge is 0.334 e. The molecule has 3 heterocycles. The van der Waals surface area contributed by atoms with Crippen LogP contribution in [-0.2, 0) is 6.42 Å². The smallest absolute Gasteiger partial charge is 0.176 e. The third-order valence-electron chi connectivity index (χ3n) is 6.45. The number of rotatable bonds is 2. The predicted octanol–water partition coefficient (Wildman–Crippen LogP) is 3.94. The molecule has 2 saturated heterocycles. The van der Waals surface area contributed by atoms with Gasteiger partial charge in [0.15, 0.2) is 5.79 Å². The van der Waals surface area contributed by atoms with Crippen molar-refractivity contribution in [1.29, 1.82) is 0 Å².